The summed E-state index contributed by atoms with van der Waals surface area (Å²) < 4.78 is 41.0. The van der Waals surface area contributed by atoms with Crippen LogP contribution in [0.2, 0.25) is 0 Å². The molecule has 0 saturated carbocycles. The van der Waals surface area contributed by atoms with E-state index in [4.69, 9.17) is 10.8 Å². The van der Waals surface area contributed by atoms with Gasteiger partial charge in [0.25, 0.3) is 0 Å². The van der Waals surface area contributed by atoms with Crippen molar-refractivity contribution in [2.75, 3.05) is 18.4 Å². The van der Waals surface area contributed by atoms with Gasteiger partial charge in [0.2, 0.25) is 11.9 Å². The van der Waals surface area contributed by atoms with Gasteiger partial charge in [0.05, 0.1) is 17.7 Å². The highest BCUT2D eigenvalue weighted by Crippen LogP contribution is 2.33. The van der Waals surface area contributed by atoms with Crippen LogP contribution in [0.25, 0.3) is 0 Å². The number of anilines is 2. The van der Waals surface area contributed by atoms with E-state index >= 15 is 0 Å². The Bertz CT molecular complexity index is 1290. The highest BCUT2D eigenvalue weighted by Gasteiger charge is 2.35. The van der Waals surface area contributed by atoms with Gasteiger partial charge in [-0.1, -0.05) is 12.1 Å². The SMILES string of the molecule is NC(=O)Cc1cncnc1CCc1nc(Nc2ccc(C3CCN(C(=O)O)CC3)cc2)ncc1C(F)(F)F. The molecular weight excluding hydrogens is 503 g/mol. The number of halogens is 3. The number of carbonyl (C=O) groups is 2. The Morgan fingerprint density at radius 2 is 1.74 bits per heavy atom. The molecule has 38 heavy (non-hydrogen) atoms. The van der Waals surface area contributed by atoms with Crippen LogP contribution >= 0.6 is 0 Å². The molecule has 1 fully saturated rings. The number of aromatic nitrogens is 4. The number of piperidine rings is 1. The van der Waals surface area contributed by atoms with Gasteiger partial charge >= 0.3 is 12.3 Å². The van der Waals surface area contributed by atoms with E-state index in [0.717, 1.165) is 24.6 Å². The summed E-state index contributed by atoms with van der Waals surface area (Å²) in [7, 11) is 0. The highest BCUT2D eigenvalue weighted by atomic mass is 19.4. The van der Waals surface area contributed by atoms with Crippen LogP contribution < -0.4 is 11.1 Å². The second-order valence-electron chi connectivity index (χ2n) is 8.98. The molecule has 0 atom stereocenters. The number of aryl methyl sites for hydroxylation is 2. The molecule has 1 saturated heterocycles. The predicted molar refractivity (Wildman–Crippen MR) is 131 cm³/mol. The number of hydrogen-bond donors (Lipinski definition) is 3. The number of carboxylic acid groups (broad SMARTS) is 1. The maximum atomic E-state index is 13.7. The fraction of sp³-hybridized carbons (Fsp3) is 0.360. The van der Waals surface area contributed by atoms with E-state index in [0.29, 0.717) is 30.0 Å². The summed E-state index contributed by atoms with van der Waals surface area (Å²) in [5.41, 5.74) is 6.63. The van der Waals surface area contributed by atoms with Gasteiger partial charge < -0.3 is 21.1 Å². The summed E-state index contributed by atoms with van der Waals surface area (Å²) in [4.78, 5) is 39.8. The average Bonchev–Trinajstić information content (AvgIpc) is 2.88. The van der Waals surface area contributed by atoms with Crippen molar-refractivity contribution in [3.8, 4) is 0 Å². The number of primary amides is 1. The van der Waals surface area contributed by atoms with Crippen molar-refractivity contribution >= 4 is 23.6 Å². The second kappa shape index (κ2) is 11.4. The van der Waals surface area contributed by atoms with Gasteiger partial charge in [0, 0.05) is 42.4 Å². The van der Waals surface area contributed by atoms with Crippen molar-refractivity contribution in [2.24, 2.45) is 5.73 Å². The number of likely N-dealkylation sites (tertiary alicyclic amines) is 1. The summed E-state index contributed by atoms with van der Waals surface area (Å²) in [5, 5.41) is 12.1. The largest absolute Gasteiger partial charge is 0.465 e. The van der Waals surface area contributed by atoms with Gasteiger partial charge in [0.15, 0.2) is 0 Å². The lowest BCUT2D eigenvalue weighted by atomic mass is 9.89. The normalized spacial score (nSPS) is 14.3. The standard InChI is InChI=1S/C25H26F3N7O3/c26-25(27,28)19-13-31-23(34-21(19)6-5-20-17(11-22(29)36)12-30-14-32-20)33-18-3-1-15(2-4-18)16-7-9-35(10-8-16)24(37)38/h1-4,12-14,16H,5-11H2,(H2,29,36)(H,37,38)(H,31,33,34). The third-order valence-electron chi connectivity index (χ3n) is 6.42. The summed E-state index contributed by atoms with van der Waals surface area (Å²) in [6.07, 6.45) is -0.804. The summed E-state index contributed by atoms with van der Waals surface area (Å²) in [5.74, 6) is -0.354. The maximum absolute atomic E-state index is 13.7. The van der Waals surface area contributed by atoms with Gasteiger partial charge in [-0.25, -0.2) is 24.7 Å². The Kier molecular flexibility index (Phi) is 8.03. The van der Waals surface area contributed by atoms with Gasteiger partial charge in [-0.3, -0.25) is 4.79 Å². The van der Waals surface area contributed by atoms with Crippen LogP contribution in [0.4, 0.5) is 29.6 Å². The quantitative estimate of drug-likeness (QED) is 0.400. The Labute approximate surface area is 216 Å². The van der Waals surface area contributed by atoms with E-state index < -0.39 is 23.7 Å². The molecule has 1 aromatic carbocycles. The highest BCUT2D eigenvalue weighted by molar-refractivity contribution is 5.76. The minimum absolute atomic E-state index is 0.00978. The second-order valence-corrected chi connectivity index (χ2v) is 8.98. The molecule has 0 unspecified atom stereocenters. The maximum Gasteiger partial charge on any atom is 0.419 e. The lowest BCUT2D eigenvalue weighted by Crippen LogP contribution is -2.36. The van der Waals surface area contributed by atoms with Crippen LogP contribution in [0.3, 0.4) is 0 Å². The molecule has 4 N–H and O–H groups in total. The first-order valence-corrected chi connectivity index (χ1v) is 11.9. The third-order valence-corrected chi connectivity index (χ3v) is 6.42. The Morgan fingerprint density at radius 3 is 2.37 bits per heavy atom. The number of hydrogen-bond acceptors (Lipinski definition) is 7. The molecule has 13 heteroatoms. The lowest BCUT2D eigenvalue weighted by molar-refractivity contribution is -0.138. The molecule has 2 aromatic heterocycles. The lowest BCUT2D eigenvalue weighted by Gasteiger charge is -2.30. The minimum atomic E-state index is -4.65. The third kappa shape index (κ3) is 6.72. The first kappa shape index (κ1) is 26.8. The zero-order valence-corrected chi connectivity index (χ0v) is 20.3. The van der Waals surface area contributed by atoms with Crippen molar-refractivity contribution in [1.29, 1.82) is 0 Å². The van der Waals surface area contributed by atoms with Crippen LogP contribution in [-0.2, 0) is 30.2 Å². The molecule has 0 bridgehead atoms. The molecule has 0 spiro atoms. The molecule has 200 valence electrons. The van der Waals surface area contributed by atoms with Crippen molar-refractivity contribution in [3.05, 3.63) is 71.1 Å². The van der Waals surface area contributed by atoms with E-state index in [9.17, 15) is 22.8 Å². The zero-order valence-electron chi connectivity index (χ0n) is 20.3. The van der Waals surface area contributed by atoms with Crippen molar-refractivity contribution < 1.29 is 27.9 Å². The number of amides is 2. The van der Waals surface area contributed by atoms with Gasteiger partial charge in [-0.2, -0.15) is 13.2 Å². The number of alkyl halides is 3. The Morgan fingerprint density at radius 1 is 1.05 bits per heavy atom. The molecule has 10 nitrogen and oxygen atoms in total. The van der Waals surface area contributed by atoms with Crippen LogP contribution in [-0.4, -0.2) is 55.0 Å². The first-order valence-electron chi connectivity index (χ1n) is 11.9. The minimum Gasteiger partial charge on any atom is -0.465 e. The molecular formula is C25H26F3N7O3. The van der Waals surface area contributed by atoms with Crippen molar-refractivity contribution in [2.45, 2.75) is 44.2 Å². The van der Waals surface area contributed by atoms with E-state index in [1.165, 1.54) is 17.4 Å². The molecule has 3 heterocycles. The zero-order chi connectivity index (χ0) is 27.3. The van der Waals surface area contributed by atoms with E-state index in [1.807, 2.05) is 12.1 Å². The number of benzene rings is 1. The number of carbonyl (C=O) groups excluding carboxylic acids is 1. The molecule has 1 aliphatic rings. The molecule has 4 rings (SSSR count). The fourth-order valence-corrected chi connectivity index (χ4v) is 4.46. The first-order chi connectivity index (χ1) is 18.1. The van der Waals surface area contributed by atoms with E-state index in [-0.39, 0.29) is 36.8 Å². The van der Waals surface area contributed by atoms with Gasteiger partial charge in [-0.15, -0.1) is 0 Å². The van der Waals surface area contributed by atoms with Crippen LogP contribution in [0.5, 0.6) is 0 Å². The average molecular weight is 530 g/mol. The van der Waals surface area contributed by atoms with Crippen LogP contribution in [0.1, 0.15) is 46.8 Å². The fourth-order valence-electron chi connectivity index (χ4n) is 4.46. The summed E-state index contributed by atoms with van der Waals surface area (Å²) >= 11 is 0. The number of rotatable bonds is 8. The number of nitrogens with one attached hydrogen (secondary N) is 1. The molecule has 0 radical (unpaired) electrons. The summed E-state index contributed by atoms with van der Waals surface area (Å²) in [6.45, 7) is 0.947. The van der Waals surface area contributed by atoms with Crippen molar-refractivity contribution in [3.63, 3.8) is 0 Å². The van der Waals surface area contributed by atoms with Gasteiger partial charge in [-0.05, 0) is 49.3 Å². The monoisotopic (exact) mass is 529 g/mol. The van der Waals surface area contributed by atoms with E-state index in [2.05, 4.69) is 25.3 Å². The Balaban J connectivity index is 1.47. The topological polar surface area (TPSA) is 147 Å². The molecule has 3 aromatic rings. The molecule has 0 aliphatic carbocycles. The number of nitrogens with zero attached hydrogens (tertiary/aromatic N) is 5. The molecule has 1 aliphatic heterocycles. The Hall–Kier alpha value is -4.29. The van der Waals surface area contributed by atoms with Crippen LogP contribution in [0.15, 0.2) is 43.0 Å². The van der Waals surface area contributed by atoms with Crippen molar-refractivity contribution in [1.82, 2.24) is 24.8 Å². The number of nitrogens with two attached hydrogens (primary N) is 1. The predicted octanol–water partition coefficient (Wildman–Crippen LogP) is 3.70. The summed E-state index contributed by atoms with van der Waals surface area (Å²) in [6, 6.07) is 7.39. The van der Waals surface area contributed by atoms with Gasteiger partial charge in [0.1, 0.15) is 6.33 Å². The van der Waals surface area contributed by atoms with Crippen LogP contribution in [0, 0.1) is 0 Å². The molecule has 2 amide bonds. The van der Waals surface area contributed by atoms with E-state index in [1.54, 1.807) is 12.1 Å². The smallest absolute Gasteiger partial charge is 0.419 e.